The number of methoxy groups -OCH3 is 1. The largest absolute Gasteiger partial charge is 0.468 e. The number of rotatable bonds is 5. The van der Waals surface area contributed by atoms with E-state index in [2.05, 4.69) is 29.9 Å². The standard InChI is InChI=1S/C15H25N3O2/c1-4-12-10-13(18(5-2)16-12)11-17-9-7-6-8-14(17)15(19)20-3/h10,14H,4-9,11H2,1-3H3/t14-/m1/s1. The van der Waals surface area contributed by atoms with Crippen molar-refractivity contribution in [3.05, 3.63) is 17.5 Å². The maximum atomic E-state index is 11.9. The van der Waals surface area contributed by atoms with Crippen LogP contribution in [0.5, 0.6) is 0 Å². The van der Waals surface area contributed by atoms with Gasteiger partial charge in [0, 0.05) is 13.1 Å². The predicted molar refractivity (Wildman–Crippen MR) is 77.3 cm³/mol. The molecule has 0 saturated carbocycles. The van der Waals surface area contributed by atoms with Crippen molar-refractivity contribution in [2.45, 2.75) is 58.7 Å². The second kappa shape index (κ2) is 6.88. The Balaban J connectivity index is 2.13. The van der Waals surface area contributed by atoms with Gasteiger partial charge >= 0.3 is 5.97 Å². The van der Waals surface area contributed by atoms with E-state index in [9.17, 15) is 4.79 Å². The van der Waals surface area contributed by atoms with E-state index in [4.69, 9.17) is 4.74 Å². The fourth-order valence-electron chi connectivity index (χ4n) is 2.88. The fourth-order valence-corrected chi connectivity index (χ4v) is 2.88. The lowest BCUT2D eigenvalue weighted by Gasteiger charge is -2.33. The second-order valence-electron chi connectivity index (χ2n) is 5.30. The van der Waals surface area contributed by atoms with Gasteiger partial charge in [-0.15, -0.1) is 0 Å². The average molecular weight is 279 g/mol. The number of hydrogen-bond acceptors (Lipinski definition) is 4. The molecule has 0 bridgehead atoms. The molecular weight excluding hydrogens is 254 g/mol. The Hall–Kier alpha value is -1.36. The zero-order valence-electron chi connectivity index (χ0n) is 12.8. The van der Waals surface area contributed by atoms with Crippen LogP contribution in [0.3, 0.4) is 0 Å². The van der Waals surface area contributed by atoms with E-state index in [1.807, 2.05) is 4.68 Å². The van der Waals surface area contributed by atoms with Crippen LogP contribution in [0, 0.1) is 0 Å². The minimum Gasteiger partial charge on any atom is -0.468 e. The molecule has 1 aromatic rings. The van der Waals surface area contributed by atoms with E-state index in [0.717, 1.165) is 51.0 Å². The highest BCUT2D eigenvalue weighted by Gasteiger charge is 2.30. The van der Waals surface area contributed by atoms with E-state index in [-0.39, 0.29) is 12.0 Å². The maximum Gasteiger partial charge on any atom is 0.323 e. The van der Waals surface area contributed by atoms with Crippen LogP contribution in [-0.2, 0) is 29.0 Å². The molecule has 0 radical (unpaired) electrons. The highest BCUT2D eigenvalue weighted by atomic mass is 16.5. The van der Waals surface area contributed by atoms with Crippen LogP contribution in [0.4, 0.5) is 0 Å². The number of esters is 1. The van der Waals surface area contributed by atoms with Crippen LogP contribution in [-0.4, -0.2) is 40.3 Å². The molecule has 0 N–H and O–H groups in total. The number of carbonyl (C=O) groups is 1. The number of aromatic nitrogens is 2. The van der Waals surface area contributed by atoms with Crippen molar-refractivity contribution >= 4 is 5.97 Å². The predicted octanol–water partition coefficient (Wildman–Crippen LogP) is 1.99. The van der Waals surface area contributed by atoms with Crippen LogP contribution in [0.1, 0.15) is 44.5 Å². The van der Waals surface area contributed by atoms with Gasteiger partial charge in [0.1, 0.15) is 6.04 Å². The molecule has 2 rings (SSSR count). The van der Waals surface area contributed by atoms with Gasteiger partial charge in [-0.25, -0.2) is 0 Å². The van der Waals surface area contributed by atoms with Crippen LogP contribution in [0.15, 0.2) is 6.07 Å². The Bertz CT molecular complexity index is 456. The van der Waals surface area contributed by atoms with E-state index in [1.54, 1.807) is 0 Å². The van der Waals surface area contributed by atoms with E-state index < -0.39 is 0 Å². The van der Waals surface area contributed by atoms with E-state index >= 15 is 0 Å². The Labute approximate surface area is 120 Å². The highest BCUT2D eigenvalue weighted by molar-refractivity contribution is 5.75. The fraction of sp³-hybridized carbons (Fsp3) is 0.733. The molecule has 112 valence electrons. The summed E-state index contributed by atoms with van der Waals surface area (Å²) in [5, 5.41) is 4.58. The Morgan fingerprint density at radius 1 is 1.45 bits per heavy atom. The number of aryl methyl sites for hydroxylation is 2. The van der Waals surface area contributed by atoms with Gasteiger partial charge < -0.3 is 4.74 Å². The molecule has 1 aromatic heterocycles. The number of nitrogens with zero attached hydrogens (tertiary/aromatic N) is 3. The topological polar surface area (TPSA) is 47.4 Å². The summed E-state index contributed by atoms with van der Waals surface area (Å²) in [6, 6.07) is 2.06. The number of carbonyl (C=O) groups excluding carboxylic acids is 1. The van der Waals surface area contributed by atoms with Crippen molar-refractivity contribution in [2.75, 3.05) is 13.7 Å². The Morgan fingerprint density at radius 3 is 2.90 bits per heavy atom. The van der Waals surface area contributed by atoms with Gasteiger partial charge in [0.05, 0.1) is 18.5 Å². The van der Waals surface area contributed by atoms with Crippen molar-refractivity contribution in [2.24, 2.45) is 0 Å². The summed E-state index contributed by atoms with van der Waals surface area (Å²) in [5.74, 6) is -0.108. The molecule has 5 nitrogen and oxygen atoms in total. The molecule has 0 aliphatic carbocycles. The molecule has 1 saturated heterocycles. The van der Waals surface area contributed by atoms with Crippen molar-refractivity contribution in [3.8, 4) is 0 Å². The zero-order chi connectivity index (χ0) is 14.5. The third-order valence-electron chi connectivity index (χ3n) is 4.03. The lowest BCUT2D eigenvalue weighted by atomic mass is 10.0. The smallest absolute Gasteiger partial charge is 0.323 e. The van der Waals surface area contributed by atoms with E-state index in [0.29, 0.717) is 0 Å². The third-order valence-corrected chi connectivity index (χ3v) is 4.03. The van der Waals surface area contributed by atoms with Gasteiger partial charge in [-0.3, -0.25) is 14.4 Å². The first kappa shape index (κ1) is 15.0. The van der Waals surface area contributed by atoms with Crippen molar-refractivity contribution in [1.82, 2.24) is 14.7 Å². The molecule has 1 aliphatic heterocycles. The minimum atomic E-state index is -0.108. The van der Waals surface area contributed by atoms with Crippen LogP contribution >= 0.6 is 0 Å². The summed E-state index contributed by atoms with van der Waals surface area (Å²) in [4.78, 5) is 14.1. The lowest BCUT2D eigenvalue weighted by molar-refractivity contribution is -0.148. The summed E-state index contributed by atoms with van der Waals surface area (Å²) in [6.45, 7) is 6.82. The lowest BCUT2D eigenvalue weighted by Crippen LogP contribution is -2.44. The number of hydrogen-bond donors (Lipinski definition) is 0. The van der Waals surface area contributed by atoms with Crippen molar-refractivity contribution in [3.63, 3.8) is 0 Å². The van der Waals surface area contributed by atoms with Gasteiger partial charge in [0.15, 0.2) is 0 Å². The molecule has 0 aromatic carbocycles. The number of ether oxygens (including phenoxy) is 1. The molecule has 20 heavy (non-hydrogen) atoms. The molecule has 1 atom stereocenters. The van der Waals surface area contributed by atoms with Gasteiger partial charge in [0.2, 0.25) is 0 Å². The van der Waals surface area contributed by atoms with Crippen molar-refractivity contribution < 1.29 is 9.53 Å². The normalized spacial score (nSPS) is 20.1. The molecule has 2 heterocycles. The summed E-state index contributed by atoms with van der Waals surface area (Å²) >= 11 is 0. The highest BCUT2D eigenvalue weighted by Crippen LogP contribution is 2.21. The molecule has 0 unspecified atom stereocenters. The maximum absolute atomic E-state index is 11.9. The molecule has 1 aliphatic rings. The summed E-state index contributed by atoms with van der Waals surface area (Å²) < 4.78 is 6.98. The molecule has 0 spiro atoms. The minimum absolute atomic E-state index is 0.0981. The summed E-state index contributed by atoms with van der Waals surface area (Å²) in [6.07, 6.45) is 4.09. The van der Waals surface area contributed by atoms with Crippen molar-refractivity contribution in [1.29, 1.82) is 0 Å². The Kier molecular flexibility index (Phi) is 5.17. The first-order valence-corrected chi connectivity index (χ1v) is 7.57. The van der Waals surface area contributed by atoms with Crippen LogP contribution < -0.4 is 0 Å². The van der Waals surface area contributed by atoms with Crippen LogP contribution in [0.25, 0.3) is 0 Å². The van der Waals surface area contributed by atoms with Gasteiger partial charge in [-0.05, 0) is 38.8 Å². The van der Waals surface area contributed by atoms with Crippen LogP contribution in [0.2, 0.25) is 0 Å². The van der Waals surface area contributed by atoms with E-state index in [1.165, 1.54) is 12.8 Å². The zero-order valence-corrected chi connectivity index (χ0v) is 12.8. The molecule has 5 heteroatoms. The van der Waals surface area contributed by atoms with Gasteiger partial charge in [-0.1, -0.05) is 13.3 Å². The molecule has 1 fully saturated rings. The van der Waals surface area contributed by atoms with Gasteiger partial charge in [0.25, 0.3) is 0 Å². The summed E-state index contributed by atoms with van der Waals surface area (Å²) in [5.41, 5.74) is 2.31. The molecule has 0 amide bonds. The van der Waals surface area contributed by atoms with Gasteiger partial charge in [-0.2, -0.15) is 5.10 Å². The first-order chi connectivity index (χ1) is 9.69. The Morgan fingerprint density at radius 2 is 2.25 bits per heavy atom. The second-order valence-corrected chi connectivity index (χ2v) is 5.30. The summed E-state index contributed by atoms with van der Waals surface area (Å²) in [7, 11) is 1.47. The SMILES string of the molecule is CCc1cc(CN2CCCC[C@@H]2C(=O)OC)n(CC)n1. The average Bonchev–Trinajstić information content (AvgIpc) is 2.89. The quantitative estimate of drug-likeness (QED) is 0.773. The first-order valence-electron chi connectivity index (χ1n) is 7.57. The molecular formula is C15H25N3O2. The third kappa shape index (κ3) is 3.20. The number of likely N-dealkylation sites (tertiary alicyclic amines) is 1. The number of piperidine rings is 1. The monoisotopic (exact) mass is 279 g/mol.